The van der Waals surface area contributed by atoms with Crippen LogP contribution in [0.4, 0.5) is 0 Å². The third-order valence-corrected chi connectivity index (χ3v) is 3.79. The molecule has 2 fully saturated rings. The minimum Gasteiger partial charge on any atom is -0.383 e. The fraction of sp³-hybridized carbons (Fsp3) is 1.00. The molecule has 0 radical (unpaired) electrons. The second kappa shape index (κ2) is 5.28. The highest BCUT2D eigenvalue weighted by molar-refractivity contribution is 4.95. The summed E-state index contributed by atoms with van der Waals surface area (Å²) >= 11 is 0. The minimum atomic E-state index is 0.290. The van der Waals surface area contributed by atoms with Crippen LogP contribution in [0.15, 0.2) is 0 Å². The molecule has 3 nitrogen and oxygen atoms in total. The molecule has 0 bridgehead atoms. The molecule has 1 saturated heterocycles. The molecule has 1 aliphatic heterocycles. The molecular formula is C12H24N2O. The molecule has 0 amide bonds. The van der Waals surface area contributed by atoms with E-state index in [1.807, 2.05) is 7.11 Å². The number of rotatable bonds is 4. The Balaban J connectivity index is 1.87. The van der Waals surface area contributed by atoms with E-state index in [2.05, 4.69) is 10.6 Å². The van der Waals surface area contributed by atoms with E-state index in [4.69, 9.17) is 4.74 Å². The van der Waals surface area contributed by atoms with Crippen molar-refractivity contribution in [1.82, 2.24) is 10.6 Å². The van der Waals surface area contributed by atoms with Crippen LogP contribution in [0.2, 0.25) is 0 Å². The maximum atomic E-state index is 5.39. The summed E-state index contributed by atoms with van der Waals surface area (Å²) in [5.74, 6) is 0. The Morgan fingerprint density at radius 2 is 2.13 bits per heavy atom. The number of hydrogen-bond donors (Lipinski definition) is 2. The zero-order valence-electron chi connectivity index (χ0n) is 9.85. The van der Waals surface area contributed by atoms with Gasteiger partial charge in [-0.1, -0.05) is 12.8 Å². The predicted octanol–water partition coefficient (Wildman–Crippen LogP) is 1.29. The van der Waals surface area contributed by atoms with E-state index in [9.17, 15) is 0 Å². The molecule has 0 aromatic rings. The van der Waals surface area contributed by atoms with Gasteiger partial charge in [0.25, 0.3) is 0 Å². The zero-order valence-corrected chi connectivity index (χ0v) is 9.85. The number of methoxy groups -OCH3 is 1. The fourth-order valence-corrected chi connectivity index (χ4v) is 3.07. The molecule has 1 aliphatic carbocycles. The Morgan fingerprint density at radius 1 is 1.33 bits per heavy atom. The summed E-state index contributed by atoms with van der Waals surface area (Å²) in [7, 11) is 1.82. The molecule has 3 heteroatoms. The van der Waals surface area contributed by atoms with Crippen molar-refractivity contribution >= 4 is 0 Å². The van der Waals surface area contributed by atoms with Crippen molar-refractivity contribution in [2.75, 3.05) is 26.8 Å². The molecule has 1 heterocycles. The molecule has 15 heavy (non-hydrogen) atoms. The van der Waals surface area contributed by atoms with Crippen LogP contribution in [-0.2, 0) is 4.74 Å². The molecule has 0 aromatic carbocycles. The first-order valence-electron chi connectivity index (χ1n) is 6.32. The highest BCUT2D eigenvalue weighted by Gasteiger charge is 2.35. The number of piperidine rings is 1. The van der Waals surface area contributed by atoms with Gasteiger partial charge in [0.05, 0.1) is 6.61 Å². The van der Waals surface area contributed by atoms with Gasteiger partial charge in [-0.2, -0.15) is 0 Å². The van der Waals surface area contributed by atoms with Gasteiger partial charge in [-0.3, -0.25) is 0 Å². The molecule has 2 rings (SSSR count). The van der Waals surface area contributed by atoms with Gasteiger partial charge < -0.3 is 15.4 Å². The van der Waals surface area contributed by atoms with Crippen LogP contribution in [0.25, 0.3) is 0 Å². The number of nitrogens with one attached hydrogen (secondary N) is 2. The Bertz CT molecular complexity index is 184. The van der Waals surface area contributed by atoms with Gasteiger partial charge >= 0.3 is 0 Å². The second-order valence-electron chi connectivity index (χ2n) is 5.11. The van der Waals surface area contributed by atoms with Crippen molar-refractivity contribution < 1.29 is 4.74 Å². The third kappa shape index (κ3) is 2.92. The van der Waals surface area contributed by atoms with Gasteiger partial charge in [0.15, 0.2) is 0 Å². The van der Waals surface area contributed by atoms with Crippen molar-refractivity contribution in [1.29, 1.82) is 0 Å². The fourth-order valence-electron chi connectivity index (χ4n) is 3.07. The van der Waals surface area contributed by atoms with E-state index >= 15 is 0 Å². The summed E-state index contributed by atoms with van der Waals surface area (Å²) in [4.78, 5) is 0. The maximum Gasteiger partial charge on any atom is 0.0644 e. The lowest BCUT2D eigenvalue weighted by atomic mass is 9.95. The molecule has 2 aliphatic rings. The first-order valence-corrected chi connectivity index (χ1v) is 6.32. The van der Waals surface area contributed by atoms with Gasteiger partial charge in [0.2, 0.25) is 0 Å². The van der Waals surface area contributed by atoms with E-state index in [0.717, 1.165) is 13.2 Å². The van der Waals surface area contributed by atoms with Crippen LogP contribution in [-0.4, -0.2) is 38.4 Å². The van der Waals surface area contributed by atoms with Crippen LogP contribution >= 0.6 is 0 Å². The Labute approximate surface area is 93.0 Å². The van der Waals surface area contributed by atoms with Gasteiger partial charge in [-0.25, -0.2) is 0 Å². The van der Waals surface area contributed by atoms with E-state index in [1.54, 1.807) is 0 Å². The SMILES string of the molecule is COCC1(NC2CCCNC2)CCCC1. The second-order valence-corrected chi connectivity index (χ2v) is 5.11. The molecule has 1 saturated carbocycles. The first-order chi connectivity index (χ1) is 7.35. The highest BCUT2D eigenvalue weighted by atomic mass is 16.5. The largest absolute Gasteiger partial charge is 0.383 e. The van der Waals surface area contributed by atoms with E-state index in [1.165, 1.54) is 45.1 Å². The van der Waals surface area contributed by atoms with E-state index in [0.29, 0.717) is 11.6 Å². The van der Waals surface area contributed by atoms with Gasteiger partial charge in [0.1, 0.15) is 0 Å². The molecular weight excluding hydrogens is 188 g/mol. The van der Waals surface area contributed by atoms with E-state index in [-0.39, 0.29) is 0 Å². The number of hydrogen-bond acceptors (Lipinski definition) is 3. The Hall–Kier alpha value is -0.120. The smallest absolute Gasteiger partial charge is 0.0644 e. The van der Waals surface area contributed by atoms with Crippen molar-refractivity contribution in [2.45, 2.75) is 50.1 Å². The summed E-state index contributed by atoms with van der Waals surface area (Å²) in [6, 6.07) is 0.659. The standard InChI is InChI=1S/C12H24N2O/c1-15-10-12(6-2-3-7-12)14-11-5-4-8-13-9-11/h11,13-14H,2-10H2,1H3. The Morgan fingerprint density at radius 3 is 2.73 bits per heavy atom. The van der Waals surface area contributed by atoms with Crippen molar-refractivity contribution in [3.05, 3.63) is 0 Å². The molecule has 0 aromatic heterocycles. The molecule has 2 N–H and O–H groups in total. The third-order valence-electron chi connectivity index (χ3n) is 3.79. The highest BCUT2D eigenvalue weighted by Crippen LogP contribution is 2.30. The monoisotopic (exact) mass is 212 g/mol. The quantitative estimate of drug-likeness (QED) is 0.736. The number of ether oxygens (including phenoxy) is 1. The summed E-state index contributed by atoms with van der Waals surface area (Å²) in [5, 5.41) is 7.31. The molecule has 0 spiro atoms. The van der Waals surface area contributed by atoms with E-state index < -0.39 is 0 Å². The maximum absolute atomic E-state index is 5.39. The zero-order chi connectivity index (χ0) is 10.6. The molecule has 1 atom stereocenters. The molecule has 88 valence electrons. The van der Waals surface area contributed by atoms with Crippen LogP contribution in [0.5, 0.6) is 0 Å². The predicted molar refractivity (Wildman–Crippen MR) is 62.1 cm³/mol. The summed E-state index contributed by atoms with van der Waals surface area (Å²) in [6.45, 7) is 3.20. The topological polar surface area (TPSA) is 33.3 Å². The lowest BCUT2D eigenvalue weighted by Crippen LogP contribution is -2.55. The first kappa shape index (κ1) is 11.4. The van der Waals surface area contributed by atoms with Crippen LogP contribution in [0.3, 0.4) is 0 Å². The van der Waals surface area contributed by atoms with Crippen molar-refractivity contribution in [2.24, 2.45) is 0 Å². The van der Waals surface area contributed by atoms with Crippen LogP contribution in [0.1, 0.15) is 38.5 Å². The summed E-state index contributed by atoms with van der Waals surface area (Å²) < 4.78 is 5.39. The van der Waals surface area contributed by atoms with Crippen LogP contribution < -0.4 is 10.6 Å². The van der Waals surface area contributed by atoms with Crippen LogP contribution in [0, 0.1) is 0 Å². The molecule has 1 unspecified atom stereocenters. The average molecular weight is 212 g/mol. The lowest BCUT2D eigenvalue weighted by molar-refractivity contribution is 0.0994. The van der Waals surface area contributed by atoms with Gasteiger partial charge in [0, 0.05) is 25.2 Å². The van der Waals surface area contributed by atoms with Crippen molar-refractivity contribution in [3.8, 4) is 0 Å². The lowest BCUT2D eigenvalue weighted by Gasteiger charge is -2.36. The van der Waals surface area contributed by atoms with Crippen molar-refractivity contribution in [3.63, 3.8) is 0 Å². The van der Waals surface area contributed by atoms with Gasteiger partial charge in [-0.05, 0) is 32.2 Å². The summed E-state index contributed by atoms with van der Waals surface area (Å²) in [5.41, 5.74) is 0.290. The summed E-state index contributed by atoms with van der Waals surface area (Å²) in [6.07, 6.45) is 7.92. The van der Waals surface area contributed by atoms with Gasteiger partial charge in [-0.15, -0.1) is 0 Å². The minimum absolute atomic E-state index is 0.290. The normalized spacial score (nSPS) is 30.6. The Kier molecular flexibility index (Phi) is 4.00. The average Bonchev–Trinajstić information content (AvgIpc) is 2.69.